The van der Waals surface area contributed by atoms with Crippen molar-refractivity contribution < 1.29 is 22.7 Å². The van der Waals surface area contributed by atoms with E-state index in [-0.39, 0.29) is 23.0 Å². The number of ether oxygens (including phenoxy) is 2. The Morgan fingerprint density at radius 3 is 2.56 bits per heavy atom. The monoisotopic (exact) mass is 393 g/mol. The SMILES string of the molecule is O=C(CCS(=O)(=O)c1ccc2c(c1)OCCO2)N1CCC[C@H]1C1CCCC1. The zero-order valence-electron chi connectivity index (χ0n) is 15.6. The zero-order valence-corrected chi connectivity index (χ0v) is 16.4. The Hall–Kier alpha value is -1.76. The van der Waals surface area contributed by atoms with Gasteiger partial charge in [-0.1, -0.05) is 12.8 Å². The van der Waals surface area contributed by atoms with E-state index in [4.69, 9.17) is 9.47 Å². The van der Waals surface area contributed by atoms with Crippen LogP contribution in [0.2, 0.25) is 0 Å². The van der Waals surface area contributed by atoms with E-state index in [1.165, 1.54) is 37.8 Å². The summed E-state index contributed by atoms with van der Waals surface area (Å²) in [6.07, 6.45) is 7.03. The van der Waals surface area contributed by atoms with E-state index < -0.39 is 9.84 Å². The van der Waals surface area contributed by atoms with Gasteiger partial charge in [0.1, 0.15) is 13.2 Å². The van der Waals surface area contributed by atoms with Gasteiger partial charge in [0.25, 0.3) is 0 Å². The Bertz CT molecular complexity index is 801. The summed E-state index contributed by atoms with van der Waals surface area (Å²) in [5.74, 6) is 1.43. The van der Waals surface area contributed by atoms with E-state index in [0.29, 0.717) is 36.7 Å². The molecule has 1 saturated heterocycles. The summed E-state index contributed by atoms with van der Waals surface area (Å²) < 4.78 is 36.3. The summed E-state index contributed by atoms with van der Waals surface area (Å²) in [5.41, 5.74) is 0. The molecular weight excluding hydrogens is 366 g/mol. The summed E-state index contributed by atoms with van der Waals surface area (Å²) in [6.45, 7) is 1.64. The number of likely N-dealkylation sites (tertiary alicyclic amines) is 1. The van der Waals surface area contributed by atoms with Crippen LogP contribution in [0.15, 0.2) is 23.1 Å². The molecule has 7 heteroatoms. The van der Waals surface area contributed by atoms with Gasteiger partial charge in [0.05, 0.1) is 10.6 Å². The lowest BCUT2D eigenvalue weighted by atomic mass is 9.96. The Kier molecular flexibility index (Phi) is 5.30. The molecule has 0 aromatic heterocycles. The lowest BCUT2D eigenvalue weighted by Crippen LogP contribution is -2.40. The Balaban J connectivity index is 1.40. The molecule has 0 N–H and O–H groups in total. The zero-order chi connectivity index (χ0) is 18.9. The van der Waals surface area contributed by atoms with Gasteiger partial charge in [-0.05, 0) is 43.7 Å². The van der Waals surface area contributed by atoms with Crippen LogP contribution in [0.3, 0.4) is 0 Å². The summed E-state index contributed by atoms with van der Waals surface area (Å²) in [7, 11) is -3.54. The molecular formula is C20H27NO5S. The molecule has 2 fully saturated rings. The maximum Gasteiger partial charge on any atom is 0.223 e. The van der Waals surface area contributed by atoms with E-state index in [1.807, 2.05) is 4.90 Å². The summed E-state index contributed by atoms with van der Waals surface area (Å²) in [6, 6.07) is 4.98. The van der Waals surface area contributed by atoms with Crippen molar-refractivity contribution in [2.24, 2.45) is 5.92 Å². The van der Waals surface area contributed by atoms with Crippen LogP contribution < -0.4 is 9.47 Å². The Labute approximate surface area is 160 Å². The minimum absolute atomic E-state index is 0.0227. The number of hydrogen-bond acceptors (Lipinski definition) is 5. The number of amides is 1. The van der Waals surface area contributed by atoms with Gasteiger partial charge in [0, 0.05) is 25.1 Å². The molecule has 0 unspecified atom stereocenters. The number of hydrogen-bond donors (Lipinski definition) is 0. The molecule has 1 atom stereocenters. The number of nitrogens with zero attached hydrogens (tertiary/aromatic N) is 1. The van der Waals surface area contributed by atoms with Crippen LogP contribution in [0.5, 0.6) is 11.5 Å². The Morgan fingerprint density at radius 1 is 1.04 bits per heavy atom. The van der Waals surface area contributed by atoms with Crippen molar-refractivity contribution in [1.29, 1.82) is 0 Å². The van der Waals surface area contributed by atoms with Crippen molar-refractivity contribution >= 4 is 15.7 Å². The molecule has 4 rings (SSSR count). The third kappa shape index (κ3) is 3.93. The smallest absolute Gasteiger partial charge is 0.223 e. The molecule has 1 aliphatic carbocycles. The molecule has 27 heavy (non-hydrogen) atoms. The fourth-order valence-corrected chi connectivity index (χ4v) is 5.88. The van der Waals surface area contributed by atoms with Crippen LogP contribution in [-0.4, -0.2) is 50.8 Å². The highest BCUT2D eigenvalue weighted by Crippen LogP contribution is 2.36. The maximum atomic E-state index is 12.7. The number of fused-ring (bicyclic) bond motifs is 1. The highest BCUT2D eigenvalue weighted by atomic mass is 32.2. The molecule has 1 aromatic rings. The van der Waals surface area contributed by atoms with Crippen molar-refractivity contribution in [3.8, 4) is 11.5 Å². The summed E-state index contributed by atoms with van der Waals surface area (Å²) in [5, 5.41) is 0. The van der Waals surface area contributed by atoms with Gasteiger partial charge in [-0.3, -0.25) is 4.79 Å². The van der Waals surface area contributed by atoms with Crippen LogP contribution in [0.4, 0.5) is 0 Å². The number of carbonyl (C=O) groups excluding carboxylic acids is 1. The maximum absolute atomic E-state index is 12.7. The first-order valence-corrected chi connectivity index (χ1v) is 11.6. The molecule has 6 nitrogen and oxygen atoms in total. The second kappa shape index (κ2) is 7.70. The highest BCUT2D eigenvalue weighted by Gasteiger charge is 2.36. The first-order valence-electron chi connectivity index (χ1n) is 9.96. The minimum Gasteiger partial charge on any atom is -0.486 e. The number of carbonyl (C=O) groups is 1. The van der Waals surface area contributed by atoms with Crippen molar-refractivity contribution in [3.63, 3.8) is 0 Å². The lowest BCUT2D eigenvalue weighted by molar-refractivity contribution is -0.132. The van der Waals surface area contributed by atoms with Crippen LogP contribution in [-0.2, 0) is 14.6 Å². The van der Waals surface area contributed by atoms with Crippen LogP contribution >= 0.6 is 0 Å². The standard InChI is InChI=1S/C20H27NO5S/c22-20(21-10-3-6-17(21)15-4-1-2-5-15)9-13-27(23,24)16-7-8-18-19(14-16)26-12-11-25-18/h7-8,14-15,17H,1-6,9-13H2/t17-/m0/s1. The largest absolute Gasteiger partial charge is 0.486 e. The molecule has 2 heterocycles. The second-order valence-corrected chi connectivity index (χ2v) is 9.82. The van der Waals surface area contributed by atoms with Crippen LogP contribution in [0.25, 0.3) is 0 Å². The molecule has 0 spiro atoms. The van der Waals surface area contributed by atoms with E-state index in [2.05, 4.69) is 0 Å². The van der Waals surface area contributed by atoms with Gasteiger partial charge < -0.3 is 14.4 Å². The highest BCUT2D eigenvalue weighted by molar-refractivity contribution is 7.91. The Morgan fingerprint density at radius 2 is 1.78 bits per heavy atom. The van der Waals surface area contributed by atoms with Crippen LogP contribution in [0, 0.1) is 5.92 Å². The van der Waals surface area contributed by atoms with E-state index >= 15 is 0 Å². The second-order valence-electron chi connectivity index (χ2n) is 7.72. The van der Waals surface area contributed by atoms with Gasteiger partial charge in [0.15, 0.2) is 21.3 Å². The van der Waals surface area contributed by atoms with Gasteiger partial charge in [-0.25, -0.2) is 8.42 Å². The van der Waals surface area contributed by atoms with Crippen molar-refractivity contribution in [2.75, 3.05) is 25.5 Å². The van der Waals surface area contributed by atoms with Crippen molar-refractivity contribution in [1.82, 2.24) is 4.90 Å². The molecule has 0 bridgehead atoms. The molecule has 1 amide bonds. The number of benzene rings is 1. The van der Waals surface area contributed by atoms with Gasteiger partial charge in [0.2, 0.25) is 5.91 Å². The molecule has 1 saturated carbocycles. The molecule has 148 valence electrons. The first-order chi connectivity index (χ1) is 13.0. The molecule has 2 aliphatic heterocycles. The van der Waals surface area contributed by atoms with Crippen molar-refractivity contribution in [2.45, 2.75) is 55.9 Å². The molecule has 0 radical (unpaired) electrons. The predicted molar refractivity (Wildman–Crippen MR) is 101 cm³/mol. The average molecular weight is 394 g/mol. The van der Waals surface area contributed by atoms with Crippen molar-refractivity contribution in [3.05, 3.63) is 18.2 Å². The quantitative estimate of drug-likeness (QED) is 0.769. The first kappa shape index (κ1) is 18.6. The van der Waals surface area contributed by atoms with Gasteiger partial charge in [-0.15, -0.1) is 0 Å². The normalized spacial score (nSPS) is 23.0. The molecule has 3 aliphatic rings. The third-order valence-corrected chi connectivity index (χ3v) is 7.73. The van der Waals surface area contributed by atoms with E-state index in [1.54, 1.807) is 6.07 Å². The summed E-state index contributed by atoms with van der Waals surface area (Å²) in [4.78, 5) is 14.9. The lowest BCUT2D eigenvalue weighted by Gasteiger charge is -2.29. The van der Waals surface area contributed by atoms with E-state index in [9.17, 15) is 13.2 Å². The average Bonchev–Trinajstić information content (AvgIpc) is 3.37. The van der Waals surface area contributed by atoms with Gasteiger partial charge >= 0.3 is 0 Å². The van der Waals surface area contributed by atoms with Crippen LogP contribution in [0.1, 0.15) is 44.9 Å². The predicted octanol–water partition coefficient (Wildman–Crippen LogP) is 2.80. The summed E-state index contributed by atoms with van der Waals surface area (Å²) >= 11 is 0. The number of rotatable bonds is 5. The van der Waals surface area contributed by atoms with Gasteiger partial charge in [-0.2, -0.15) is 0 Å². The molecule has 1 aromatic carbocycles. The topological polar surface area (TPSA) is 72.9 Å². The minimum atomic E-state index is -3.54. The van der Waals surface area contributed by atoms with E-state index in [0.717, 1.165) is 19.4 Å². The number of sulfone groups is 1. The third-order valence-electron chi connectivity index (χ3n) is 6.02. The fraction of sp³-hybridized carbons (Fsp3) is 0.650. The fourth-order valence-electron chi connectivity index (χ4n) is 4.63.